The molecule has 0 spiro atoms. The first-order chi connectivity index (χ1) is 22.1. The molecule has 46 heavy (non-hydrogen) atoms. The van der Waals surface area contributed by atoms with Crippen LogP contribution in [0.2, 0.25) is 10.0 Å². The lowest BCUT2D eigenvalue weighted by Gasteiger charge is -2.34. The van der Waals surface area contributed by atoms with E-state index in [0.29, 0.717) is 0 Å². The highest BCUT2D eigenvalue weighted by molar-refractivity contribution is 9.10. The highest BCUT2D eigenvalue weighted by Gasteiger charge is 2.36. The van der Waals surface area contributed by atoms with Gasteiger partial charge in [0.1, 0.15) is 12.6 Å². The number of halogens is 3. The molecule has 0 bridgehead atoms. The van der Waals surface area contributed by atoms with Crippen LogP contribution in [0.4, 0.5) is 5.69 Å². The lowest BCUT2D eigenvalue weighted by atomic mass is 10.0. The van der Waals surface area contributed by atoms with E-state index in [4.69, 9.17) is 23.2 Å². The number of benzene rings is 4. The van der Waals surface area contributed by atoms with Gasteiger partial charge in [0.15, 0.2) is 0 Å². The summed E-state index contributed by atoms with van der Waals surface area (Å²) in [5, 5.41) is 3.54. The fourth-order valence-corrected chi connectivity index (χ4v) is 7.76. The summed E-state index contributed by atoms with van der Waals surface area (Å²) in [5.41, 5.74) is 1.71. The monoisotopic (exact) mass is 741 g/mol. The van der Waals surface area contributed by atoms with Gasteiger partial charge in [0.2, 0.25) is 11.8 Å². The molecular formula is C35H34BrCl2N3O4S. The minimum absolute atomic E-state index is 0.0156. The highest BCUT2D eigenvalue weighted by atomic mass is 79.9. The maximum Gasteiger partial charge on any atom is 0.264 e. The predicted octanol–water partition coefficient (Wildman–Crippen LogP) is 7.65. The summed E-state index contributed by atoms with van der Waals surface area (Å²) in [6, 6.07) is 28.3. The van der Waals surface area contributed by atoms with E-state index in [1.165, 1.54) is 29.2 Å². The Morgan fingerprint density at radius 1 is 0.848 bits per heavy atom. The molecular weight excluding hydrogens is 709 g/mol. The van der Waals surface area contributed by atoms with Crippen molar-refractivity contribution in [3.05, 3.63) is 129 Å². The van der Waals surface area contributed by atoms with Crippen molar-refractivity contribution >= 4 is 66.7 Å². The lowest BCUT2D eigenvalue weighted by Crippen LogP contribution is -2.54. The highest BCUT2D eigenvalue weighted by Crippen LogP contribution is 2.33. The molecule has 0 aliphatic heterocycles. The maximum absolute atomic E-state index is 14.6. The summed E-state index contributed by atoms with van der Waals surface area (Å²) in [5.74, 6) is -0.847. The van der Waals surface area contributed by atoms with Crippen molar-refractivity contribution in [2.24, 2.45) is 0 Å². The number of amides is 2. The van der Waals surface area contributed by atoms with Gasteiger partial charge in [-0.2, -0.15) is 0 Å². The van der Waals surface area contributed by atoms with Crippen molar-refractivity contribution in [1.82, 2.24) is 10.2 Å². The molecule has 11 heteroatoms. The van der Waals surface area contributed by atoms with Crippen LogP contribution in [-0.4, -0.2) is 43.8 Å². The molecule has 0 saturated heterocycles. The zero-order chi connectivity index (χ0) is 32.7. The van der Waals surface area contributed by atoms with Crippen LogP contribution < -0.4 is 9.62 Å². The minimum Gasteiger partial charge on any atom is -0.352 e. The largest absolute Gasteiger partial charge is 0.352 e. The molecule has 1 atom stereocenters. The second-order valence-electron chi connectivity index (χ2n) is 11.3. The van der Waals surface area contributed by atoms with E-state index in [9.17, 15) is 18.0 Å². The summed E-state index contributed by atoms with van der Waals surface area (Å²) < 4.78 is 30.1. The Bertz CT molecular complexity index is 1750. The third-order valence-electron chi connectivity index (χ3n) is 8.03. The Balaban J connectivity index is 1.58. The topological polar surface area (TPSA) is 86.8 Å². The second kappa shape index (κ2) is 15.5. The normalized spacial score (nSPS) is 14.1. The van der Waals surface area contributed by atoms with Crippen molar-refractivity contribution in [2.45, 2.75) is 55.6 Å². The van der Waals surface area contributed by atoms with Gasteiger partial charge in [-0.3, -0.25) is 13.9 Å². The second-order valence-corrected chi connectivity index (χ2v) is 14.9. The van der Waals surface area contributed by atoms with Crippen LogP contribution in [0.5, 0.6) is 0 Å². The summed E-state index contributed by atoms with van der Waals surface area (Å²) in [7, 11) is -4.29. The average molecular weight is 744 g/mol. The Labute approximate surface area is 288 Å². The Morgan fingerprint density at radius 3 is 2.13 bits per heavy atom. The van der Waals surface area contributed by atoms with Crippen LogP contribution >= 0.6 is 39.1 Å². The Kier molecular flexibility index (Phi) is 11.4. The van der Waals surface area contributed by atoms with Crippen molar-refractivity contribution in [2.75, 3.05) is 10.8 Å². The van der Waals surface area contributed by atoms with Gasteiger partial charge in [0.25, 0.3) is 10.0 Å². The summed E-state index contributed by atoms with van der Waals surface area (Å²) in [4.78, 5) is 30.1. The van der Waals surface area contributed by atoms with Crippen molar-refractivity contribution in [3.63, 3.8) is 0 Å². The van der Waals surface area contributed by atoms with Crippen LogP contribution in [0.3, 0.4) is 0 Å². The van der Waals surface area contributed by atoms with Crippen LogP contribution in [0, 0.1) is 0 Å². The van der Waals surface area contributed by atoms with E-state index in [0.717, 1.165) is 45.6 Å². The summed E-state index contributed by atoms with van der Waals surface area (Å²) >= 11 is 16.3. The number of hydrogen-bond acceptors (Lipinski definition) is 4. The number of carbonyl (C=O) groups is 2. The lowest BCUT2D eigenvalue weighted by molar-refractivity contribution is -0.140. The van der Waals surface area contributed by atoms with E-state index in [2.05, 4.69) is 21.2 Å². The van der Waals surface area contributed by atoms with Crippen LogP contribution in [-0.2, 0) is 32.6 Å². The van der Waals surface area contributed by atoms with Crippen LogP contribution in [0.15, 0.2) is 112 Å². The number of rotatable bonds is 12. The van der Waals surface area contributed by atoms with Crippen molar-refractivity contribution < 1.29 is 18.0 Å². The molecule has 5 rings (SSSR count). The number of nitrogens with one attached hydrogen (secondary N) is 1. The van der Waals surface area contributed by atoms with Gasteiger partial charge in [-0.1, -0.05) is 113 Å². The van der Waals surface area contributed by atoms with Crippen molar-refractivity contribution in [1.29, 1.82) is 0 Å². The smallest absolute Gasteiger partial charge is 0.264 e. The first kappa shape index (κ1) is 34.0. The van der Waals surface area contributed by atoms with E-state index < -0.39 is 28.5 Å². The molecule has 0 aromatic heterocycles. The predicted molar refractivity (Wildman–Crippen MR) is 186 cm³/mol. The van der Waals surface area contributed by atoms with Gasteiger partial charge in [-0.15, -0.1) is 0 Å². The molecule has 240 valence electrons. The van der Waals surface area contributed by atoms with Gasteiger partial charge in [0, 0.05) is 28.5 Å². The van der Waals surface area contributed by atoms with Gasteiger partial charge in [-0.25, -0.2) is 8.42 Å². The molecule has 4 aromatic rings. The third kappa shape index (κ3) is 8.50. The average Bonchev–Trinajstić information content (AvgIpc) is 3.57. The maximum atomic E-state index is 14.6. The van der Waals surface area contributed by atoms with E-state index in [-0.39, 0.29) is 45.5 Å². The van der Waals surface area contributed by atoms with Gasteiger partial charge >= 0.3 is 0 Å². The van der Waals surface area contributed by atoms with Crippen LogP contribution in [0.25, 0.3) is 0 Å². The molecule has 1 fully saturated rings. The summed E-state index contributed by atoms with van der Waals surface area (Å²) in [6.45, 7) is -0.542. The quantitative estimate of drug-likeness (QED) is 0.162. The molecule has 0 radical (unpaired) electrons. The Morgan fingerprint density at radius 2 is 1.48 bits per heavy atom. The molecule has 1 aliphatic rings. The number of nitrogens with zero attached hydrogens (tertiary/aromatic N) is 2. The van der Waals surface area contributed by atoms with Crippen molar-refractivity contribution in [3.8, 4) is 0 Å². The van der Waals surface area contributed by atoms with E-state index >= 15 is 0 Å². The fraction of sp³-hybridized carbons (Fsp3) is 0.257. The molecule has 2 amide bonds. The molecule has 0 unspecified atom stereocenters. The molecule has 4 aromatic carbocycles. The zero-order valence-electron chi connectivity index (χ0n) is 25.0. The Hall–Kier alpha value is -3.37. The molecule has 1 saturated carbocycles. The number of hydrogen-bond donors (Lipinski definition) is 1. The van der Waals surface area contributed by atoms with Gasteiger partial charge in [-0.05, 0) is 66.4 Å². The number of sulfonamides is 1. The molecule has 7 nitrogen and oxygen atoms in total. The minimum atomic E-state index is -4.29. The zero-order valence-corrected chi connectivity index (χ0v) is 28.9. The van der Waals surface area contributed by atoms with Gasteiger partial charge < -0.3 is 10.2 Å². The van der Waals surface area contributed by atoms with Crippen LogP contribution in [0.1, 0.15) is 36.8 Å². The first-order valence-electron chi connectivity index (χ1n) is 15.0. The standard InChI is InChI=1S/C35H34BrCl2N3O4S/c36-27-17-15-26(16-18-27)23-40(33(21-25-9-3-1-4-10-25)35(43)39-29-11-7-8-12-29)34(42)24-41(32-22-28(37)19-20-31(32)38)46(44,45)30-13-5-2-6-14-30/h1-6,9-10,13-20,22,29,33H,7-8,11-12,21,23-24H2,(H,39,43)/t33-/m0/s1. The van der Waals surface area contributed by atoms with Gasteiger partial charge in [0.05, 0.1) is 15.6 Å². The van der Waals surface area contributed by atoms with E-state index in [1.54, 1.807) is 24.3 Å². The molecule has 1 aliphatic carbocycles. The molecule has 0 heterocycles. The fourth-order valence-electron chi connectivity index (χ4n) is 5.62. The van der Waals surface area contributed by atoms with E-state index in [1.807, 2.05) is 54.6 Å². The third-order valence-corrected chi connectivity index (χ3v) is 10.9. The number of anilines is 1. The molecule has 1 N–H and O–H groups in total. The SMILES string of the molecule is O=C(NC1CCCC1)[C@H](Cc1ccccc1)N(Cc1ccc(Br)cc1)C(=O)CN(c1cc(Cl)ccc1Cl)S(=O)(=O)c1ccccc1. The number of carbonyl (C=O) groups excluding carboxylic acids is 2. The first-order valence-corrected chi connectivity index (χ1v) is 18.0. The summed E-state index contributed by atoms with van der Waals surface area (Å²) in [6.07, 6.45) is 4.05.